The molecule has 0 aliphatic carbocycles. The van der Waals surface area contributed by atoms with Gasteiger partial charge in [-0.05, 0) is 39.0 Å². The van der Waals surface area contributed by atoms with Crippen molar-refractivity contribution in [2.75, 3.05) is 5.32 Å². The maximum Gasteiger partial charge on any atom is 0.295 e. The zero-order chi connectivity index (χ0) is 22.6. The van der Waals surface area contributed by atoms with Crippen molar-refractivity contribution in [1.82, 2.24) is 0 Å². The first-order valence-electron chi connectivity index (χ1n) is 8.70. The maximum absolute atomic E-state index is 14.6. The largest absolute Gasteiger partial charge is 0.372 e. The fraction of sp³-hybridized carbons (Fsp3) is 0.316. The third-order valence-corrected chi connectivity index (χ3v) is 6.32. The number of nitrogens with zero attached hydrogens (tertiary/aromatic N) is 2. The predicted octanol–water partition coefficient (Wildman–Crippen LogP) is 6.37. The Morgan fingerprint density at radius 2 is 2.00 bits per heavy atom. The number of hydrogen-bond donors (Lipinski definition) is 1. The average molecular weight is 523 g/mol. The highest BCUT2D eigenvalue weighted by Crippen LogP contribution is 2.36. The predicted molar refractivity (Wildman–Crippen MR) is 120 cm³/mol. The van der Waals surface area contributed by atoms with Gasteiger partial charge in [-0.15, -0.1) is 0 Å². The van der Waals surface area contributed by atoms with Crippen molar-refractivity contribution in [3.8, 4) is 0 Å². The molecule has 0 spiro atoms. The van der Waals surface area contributed by atoms with Crippen LogP contribution >= 0.6 is 27.5 Å². The first kappa shape index (κ1) is 24.4. The zero-order valence-corrected chi connectivity index (χ0v) is 19.4. The minimum Gasteiger partial charge on any atom is -0.372 e. The van der Waals surface area contributed by atoms with Gasteiger partial charge in [0.1, 0.15) is 28.3 Å². The van der Waals surface area contributed by atoms with Gasteiger partial charge in [-0.3, -0.25) is 10.1 Å². The average Bonchev–Trinajstić information content (AvgIpc) is 2.62. The van der Waals surface area contributed by atoms with Gasteiger partial charge < -0.3 is 5.32 Å². The quantitative estimate of drug-likeness (QED) is 0.260. The maximum atomic E-state index is 14.6. The minimum absolute atomic E-state index is 0.0491. The van der Waals surface area contributed by atoms with E-state index in [0.717, 1.165) is 6.07 Å². The molecule has 2 aromatic rings. The van der Waals surface area contributed by atoms with Crippen LogP contribution in [-0.2, 0) is 11.0 Å². The smallest absolute Gasteiger partial charge is 0.295 e. The van der Waals surface area contributed by atoms with Gasteiger partial charge >= 0.3 is 0 Å². The molecule has 1 unspecified atom stereocenters. The van der Waals surface area contributed by atoms with Gasteiger partial charge in [-0.1, -0.05) is 33.6 Å². The van der Waals surface area contributed by atoms with Crippen LogP contribution < -0.4 is 5.32 Å². The van der Waals surface area contributed by atoms with E-state index in [4.69, 9.17) is 11.6 Å². The van der Waals surface area contributed by atoms with E-state index in [9.17, 15) is 23.1 Å². The molecule has 1 N–H and O–H groups in total. The zero-order valence-electron chi connectivity index (χ0n) is 16.3. The molecule has 2 rings (SSSR count). The van der Waals surface area contributed by atoms with Crippen LogP contribution in [0, 0.1) is 21.7 Å². The third-order valence-electron chi connectivity index (χ3n) is 3.95. The summed E-state index contributed by atoms with van der Waals surface area (Å²) in [5.74, 6) is -1.51. The van der Waals surface area contributed by atoms with Crippen molar-refractivity contribution in [3.05, 3.63) is 67.1 Å². The summed E-state index contributed by atoms with van der Waals surface area (Å²) in [5.41, 5.74) is -0.457. The Balaban J connectivity index is 2.48. The highest BCUT2D eigenvalue weighted by Gasteiger charge is 2.24. The van der Waals surface area contributed by atoms with Crippen molar-refractivity contribution < 1.29 is 17.9 Å². The monoisotopic (exact) mass is 521 g/mol. The number of rotatable bonds is 7. The standard InChI is InChI=1S/C19H19BrClF2N3O3S/c1-19(2,3)30(29)24-8-7-15(18-11(20)5-4-6-13(18)22)25-16-9-12(21)14(23)10-17(16)26(27)28/h4-6,8-10,15,25H,7H2,1-3H3/t15-,30?/m1/s1. The van der Waals surface area contributed by atoms with Crippen LogP contribution in [-0.4, -0.2) is 20.1 Å². The molecule has 0 bridgehead atoms. The molecule has 11 heteroatoms. The second-order valence-electron chi connectivity index (χ2n) is 7.26. The summed E-state index contributed by atoms with van der Waals surface area (Å²) in [6.07, 6.45) is 1.42. The van der Waals surface area contributed by atoms with Crippen molar-refractivity contribution >= 4 is 56.1 Å². The Morgan fingerprint density at radius 1 is 1.33 bits per heavy atom. The highest BCUT2D eigenvalue weighted by atomic mass is 79.9. The second kappa shape index (κ2) is 9.93. The lowest BCUT2D eigenvalue weighted by atomic mass is 10.0. The molecule has 0 aliphatic rings. The second-order valence-corrected chi connectivity index (χ2v) is 10.5. The Kier molecular flexibility index (Phi) is 8.06. The van der Waals surface area contributed by atoms with Crippen molar-refractivity contribution in [2.45, 2.75) is 38.0 Å². The van der Waals surface area contributed by atoms with Crippen LogP contribution in [0.3, 0.4) is 0 Å². The van der Waals surface area contributed by atoms with Gasteiger partial charge in [0.25, 0.3) is 5.69 Å². The number of hydrogen-bond acceptors (Lipinski definition) is 4. The lowest BCUT2D eigenvalue weighted by Gasteiger charge is -2.21. The van der Waals surface area contributed by atoms with E-state index in [1.165, 1.54) is 18.3 Å². The molecule has 0 saturated carbocycles. The summed E-state index contributed by atoms with van der Waals surface area (Å²) in [7, 11) is -1.53. The third kappa shape index (κ3) is 6.05. The van der Waals surface area contributed by atoms with Gasteiger partial charge in [0, 0.05) is 22.7 Å². The normalized spacial score (nSPS) is 14.0. The summed E-state index contributed by atoms with van der Waals surface area (Å²) in [5, 5.41) is 13.9. The molecule has 0 aliphatic heterocycles. The molecular formula is C19H19BrClF2N3O3S. The number of halogens is 4. The summed E-state index contributed by atoms with van der Waals surface area (Å²) >= 11 is 9.07. The number of nitro benzene ring substituents is 1. The fourth-order valence-electron chi connectivity index (χ4n) is 2.46. The number of nitrogens with one attached hydrogen (secondary N) is 1. The van der Waals surface area contributed by atoms with E-state index in [-0.39, 0.29) is 22.7 Å². The molecule has 0 radical (unpaired) electrons. The number of benzene rings is 2. The molecule has 0 aromatic heterocycles. The molecule has 0 heterocycles. The topological polar surface area (TPSA) is 84.6 Å². The van der Waals surface area contributed by atoms with Gasteiger partial charge in [0.05, 0.1) is 26.8 Å². The van der Waals surface area contributed by atoms with Gasteiger partial charge in [0.2, 0.25) is 0 Å². The van der Waals surface area contributed by atoms with Crippen LogP contribution in [0.15, 0.2) is 39.2 Å². The van der Waals surface area contributed by atoms with Crippen molar-refractivity contribution in [3.63, 3.8) is 0 Å². The van der Waals surface area contributed by atoms with Gasteiger partial charge in [-0.2, -0.15) is 4.40 Å². The molecule has 162 valence electrons. The molecular weight excluding hydrogens is 504 g/mol. The van der Waals surface area contributed by atoms with Crippen LogP contribution in [0.25, 0.3) is 0 Å². The summed E-state index contributed by atoms with van der Waals surface area (Å²) in [6, 6.07) is 5.28. The van der Waals surface area contributed by atoms with Gasteiger partial charge in [0.15, 0.2) is 0 Å². The first-order valence-corrected chi connectivity index (χ1v) is 11.0. The van der Waals surface area contributed by atoms with E-state index >= 15 is 0 Å². The lowest BCUT2D eigenvalue weighted by Crippen LogP contribution is -2.20. The fourth-order valence-corrected chi connectivity index (χ4v) is 3.78. The summed E-state index contributed by atoms with van der Waals surface area (Å²) in [6.45, 7) is 5.27. The van der Waals surface area contributed by atoms with Crippen LogP contribution in [0.2, 0.25) is 5.02 Å². The molecule has 6 nitrogen and oxygen atoms in total. The number of anilines is 1. The van der Waals surface area contributed by atoms with Crippen molar-refractivity contribution in [1.29, 1.82) is 0 Å². The minimum atomic E-state index is -1.53. The lowest BCUT2D eigenvalue weighted by molar-refractivity contribution is -0.384. The molecule has 30 heavy (non-hydrogen) atoms. The SMILES string of the molecule is CC(C)(C)S(=O)N=CC[C@@H](Nc1cc(Cl)c(F)cc1[N+](=O)[O-])c1c(F)cccc1Br. The highest BCUT2D eigenvalue weighted by molar-refractivity contribution is 9.10. The molecule has 2 aromatic carbocycles. The van der Waals surface area contributed by atoms with Crippen molar-refractivity contribution in [2.24, 2.45) is 4.40 Å². The van der Waals surface area contributed by atoms with E-state index < -0.39 is 44.0 Å². The first-order chi connectivity index (χ1) is 13.9. The van der Waals surface area contributed by atoms with E-state index in [0.29, 0.717) is 10.5 Å². The summed E-state index contributed by atoms with van der Waals surface area (Å²) < 4.78 is 44.3. The molecule has 0 fully saturated rings. The molecule has 2 atom stereocenters. The Hall–Kier alpha value is -1.91. The van der Waals surface area contributed by atoms with E-state index in [1.807, 2.05) is 0 Å². The Labute approximate surface area is 188 Å². The Bertz CT molecular complexity index is 995. The summed E-state index contributed by atoms with van der Waals surface area (Å²) in [4.78, 5) is 10.6. The molecule has 0 amide bonds. The van der Waals surface area contributed by atoms with E-state index in [2.05, 4.69) is 25.6 Å². The van der Waals surface area contributed by atoms with Gasteiger partial charge in [-0.25, -0.2) is 13.0 Å². The number of nitro groups is 1. The van der Waals surface area contributed by atoms with Crippen LogP contribution in [0.1, 0.15) is 38.8 Å². The molecule has 0 saturated heterocycles. The Morgan fingerprint density at radius 3 is 2.57 bits per heavy atom. The van der Waals surface area contributed by atoms with Crippen LogP contribution in [0.4, 0.5) is 20.2 Å². The van der Waals surface area contributed by atoms with Crippen LogP contribution in [0.5, 0.6) is 0 Å². The van der Waals surface area contributed by atoms with E-state index in [1.54, 1.807) is 26.8 Å².